The highest BCUT2D eigenvalue weighted by Crippen LogP contribution is 2.37. The van der Waals surface area contributed by atoms with Gasteiger partial charge in [0.05, 0.1) is 93.6 Å². The predicted molar refractivity (Wildman–Crippen MR) is 353 cm³/mol. The number of aromatic nitrogens is 12. The summed E-state index contributed by atoms with van der Waals surface area (Å²) in [5.41, 5.74) is 4.81. The van der Waals surface area contributed by atoms with E-state index in [1.807, 2.05) is 89.1 Å². The average molecular weight is 1300 g/mol. The van der Waals surface area contributed by atoms with Crippen molar-refractivity contribution in [3.8, 4) is 11.6 Å². The lowest BCUT2D eigenvalue weighted by Crippen LogP contribution is -2.42. The Kier molecular flexibility index (Phi) is 21.0. The third kappa shape index (κ3) is 16.2. The van der Waals surface area contributed by atoms with Crippen LogP contribution in [-0.2, 0) is 14.2 Å². The third-order valence-corrected chi connectivity index (χ3v) is 16.2. The first kappa shape index (κ1) is 66.0. The van der Waals surface area contributed by atoms with E-state index in [9.17, 15) is 14.4 Å². The largest absolute Gasteiger partial charge is 0.449 e. The number of benzene rings is 2. The van der Waals surface area contributed by atoms with Crippen LogP contribution in [0.2, 0.25) is 10.0 Å². The summed E-state index contributed by atoms with van der Waals surface area (Å²) in [6.07, 6.45) is 15.6. The number of nitrogens with one attached hydrogen (secondary N) is 2. The average Bonchev–Trinajstić information content (AvgIpc) is 1.72. The number of likely N-dealkylation sites (tertiary alicyclic amines) is 3. The number of rotatable bonds is 12. The number of anilines is 4. The van der Waals surface area contributed by atoms with Crippen LogP contribution in [0.3, 0.4) is 0 Å². The molecule has 0 bridgehead atoms. The minimum atomic E-state index is -0.508. The molecule has 12 rings (SSSR count). The number of hydrogen-bond acceptors (Lipinski definition) is 18. The predicted octanol–water partition coefficient (Wildman–Crippen LogP) is 14.7. The molecule has 0 unspecified atom stereocenters. The molecule has 2 N–H and O–H groups in total. The summed E-state index contributed by atoms with van der Waals surface area (Å²) in [4.78, 5) is 79.3. The van der Waals surface area contributed by atoms with E-state index in [1.54, 1.807) is 69.7 Å². The Labute approximate surface area is 548 Å². The molecule has 0 radical (unpaired) electrons. The van der Waals surface area contributed by atoms with E-state index in [0.29, 0.717) is 114 Å². The van der Waals surface area contributed by atoms with E-state index in [4.69, 9.17) is 55.3 Å². The van der Waals surface area contributed by atoms with E-state index in [0.717, 1.165) is 71.7 Å². The van der Waals surface area contributed by atoms with Gasteiger partial charge in [0.25, 0.3) is 0 Å². The first-order valence-corrected chi connectivity index (χ1v) is 31.5. The zero-order chi connectivity index (χ0) is 65.9. The van der Waals surface area contributed by atoms with E-state index in [-0.39, 0.29) is 42.5 Å². The Morgan fingerprint density at radius 3 is 1.60 bits per heavy atom. The zero-order valence-corrected chi connectivity index (χ0v) is 54.5. The molecule has 26 nitrogen and oxygen atoms in total. The van der Waals surface area contributed by atoms with Gasteiger partial charge in [-0.3, -0.25) is 4.98 Å². The summed E-state index contributed by atoms with van der Waals surface area (Å²) in [7, 11) is 0. The molecule has 9 aromatic rings. The molecule has 7 aromatic heterocycles. The van der Waals surface area contributed by atoms with Crippen molar-refractivity contribution in [2.75, 3.05) is 56.5 Å². The Hall–Kier alpha value is -9.92. The van der Waals surface area contributed by atoms with E-state index in [2.05, 4.69) is 70.0 Å². The number of ether oxygens (including phenoxy) is 4. The van der Waals surface area contributed by atoms with Crippen LogP contribution < -0.4 is 15.4 Å². The number of amides is 3. The Morgan fingerprint density at radius 1 is 0.624 bits per heavy atom. The normalized spacial score (nSPS) is 14.8. The van der Waals surface area contributed by atoms with Gasteiger partial charge in [0.15, 0.2) is 28.4 Å². The summed E-state index contributed by atoms with van der Waals surface area (Å²) >= 11 is 12.6. The molecule has 0 aliphatic carbocycles. The molecule has 93 heavy (non-hydrogen) atoms. The fourth-order valence-corrected chi connectivity index (χ4v) is 11.4. The van der Waals surface area contributed by atoms with Crippen LogP contribution >= 0.6 is 23.2 Å². The highest BCUT2D eigenvalue weighted by molar-refractivity contribution is 6.34. The number of nitrogens with zero attached hydrogens (tertiary/aromatic N) is 17. The fourth-order valence-electron chi connectivity index (χ4n) is 10.9. The Morgan fingerprint density at radius 2 is 1.12 bits per heavy atom. The van der Waals surface area contributed by atoms with Gasteiger partial charge in [-0.25, -0.2) is 63.3 Å². The Bertz CT molecular complexity index is 4210. The van der Waals surface area contributed by atoms with Gasteiger partial charge < -0.3 is 48.8 Å². The van der Waals surface area contributed by atoms with Crippen molar-refractivity contribution in [2.45, 2.75) is 124 Å². The molecule has 0 saturated carbocycles. The second-order valence-electron chi connectivity index (χ2n) is 24.3. The van der Waals surface area contributed by atoms with Crippen LogP contribution in [0.5, 0.6) is 11.6 Å². The molecule has 3 aliphatic heterocycles. The third-order valence-electron chi connectivity index (χ3n) is 15.6. The number of pyridine rings is 1. The van der Waals surface area contributed by atoms with E-state index < -0.39 is 5.60 Å². The second-order valence-corrected chi connectivity index (χ2v) is 25.1. The summed E-state index contributed by atoms with van der Waals surface area (Å²) in [6.45, 7) is 33.7. The lowest BCUT2D eigenvalue weighted by Gasteiger charge is -2.33. The molecule has 484 valence electrons. The number of halogens is 2. The Balaban J connectivity index is 0.000000153. The van der Waals surface area contributed by atoms with Crippen molar-refractivity contribution in [3.05, 3.63) is 137 Å². The van der Waals surface area contributed by atoms with Crippen LogP contribution in [0, 0.1) is 26.0 Å². The molecule has 3 amide bonds. The molecule has 0 atom stereocenters. The lowest BCUT2D eigenvalue weighted by molar-refractivity contribution is 0.0185. The minimum Gasteiger partial charge on any atom is -0.449 e. The first-order valence-electron chi connectivity index (χ1n) is 30.7. The van der Waals surface area contributed by atoms with Gasteiger partial charge in [-0.05, 0) is 128 Å². The second kappa shape index (κ2) is 29.6. The number of piperidine rings is 3. The molecule has 3 saturated heterocycles. The number of aryl methyl sites for hydroxylation is 1. The molecule has 0 spiro atoms. The van der Waals surface area contributed by atoms with Gasteiger partial charge in [-0.15, -0.1) is 0 Å². The van der Waals surface area contributed by atoms with Crippen molar-refractivity contribution in [1.82, 2.24) is 73.7 Å². The monoisotopic (exact) mass is 1300 g/mol. The summed E-state index contributed by atoms with van der Waals surface area (Å²) in [6, 6.07) is 16.3. The molecule has 10 heterocycles. The van der Waals surface area contributed by atoms with Crippen LogP contribution in [0.1, 0.15) is 111 Å². The molecule has 3 aliphatic rings. The number of fused-ring (bicyclic) bond motifs is 3. The molecular formula is C65H73Cl2N19O7. The van der Waals surface area contributed by atoms with Crippen LogP contribution in [0.15, 0.2) is 98.4 Å². The summed E-state index contributed by atoms with van der Waals surface area (Å²) in [5.74, 6) is 2.71. The maximum absolute atomic E-state index is 12.3. The highest BCUT2D eigenvalue weighted by Gasteiger charge is 2.31. The van der Waals surface area contributed by atoms with Gasteiger partial charge in [0.1, 0.15) is 41.9 Å². The molecular weight excluding hydrogens is 1230 g/mol. The van der Waals surface area contributed by atoms with Gasteiger partial charge in [-0.1, -0.05) is 49.2 Å². The quantitative estimate of drug-likeness (QED) is 0.0850. The zero-order valence-electron chi connectivity index (χ0n) is 53.0. The number of carbonyl (C=O) groups is 3. The highest BCUT2D eigenvalue weighted by atomic mass is 35.5. The minimum absolute atomic E-state index is 0.121. The van der Waals surface area contributed by atoms with E-state index in [1.165, 1.54) is 19.0 Å². The number of hydrogen-bond donors (Lipinski definition) is 2. The van der Waals surface area contributed by atoms with Crippen molar-refractivity contribution >= 4 is 109 Å². The van der Waals surface area contributed by atoms with Crippen molar-refractivity contribution < 1.29 is 33.3 Å². The number of carbonyl (C=O) groups excluding carboxylic acids is 3. The van der Waals surface area contributed by atoms with Crippen molar-refractivity contribution in [2.24, 2.45) is 5.92 Å². The first-order chi connectivity index (χ1) is 44.7. The topological polar surface area (TPSA) is 261 Å². The van der Waals surface area contributed by atoms with Crippen molar-refractivity contribution in [1.29, 1.82) is 0 Å². The van der Waals surface area contributed by atoms with Crippen LogP contribution in [0.4, 0.5) is 48.8 Å². The van der Waals surface area contributed by atoms with Gasteiger partial charge in [-0.2, -0.15) is 10.2 Å². The SMILES string of the molecule is Cc1ncccc1Oc1ncnc2c1ccn2C1CCN(C(=O)OCC(C)C)CC1.[C-]#[N+]c1ccc(Nc2ncnc3c2cnn3C2CCN(C(=O)OC(C)(C)C)CC2)c(Cl)c1.[C-]#[N+]c1ccc(Nc2ncnc3c2cnn3C2CCN(C(=O)OC(C)C)CC2)c(Cl)c1. The van der Waals surface area contributed by atoms with Gasteiger partial charge in [0, 0.05) is 57.7 Å². The maximum Gasteiger partial charge on any atom is 0.410 e. The maximum atomic E-state index is 12.3. The van der Waals surface area contributed by atoms with Gasteiger partial charge in [0.2, 0.25) is 5.88 Å². The molecule has 2 aromatic carbocycles. The van der Waals surface area contributed by atoms with E-state index >= 15 is 0 Å². The summed E-state index contributed by atoms with van der Waals surface area (Å²) in [5, 5.41) is 18.8. The van der Waals surface area contributed by atoms with Crippen LogP contribution in [0.25, 0.3) is 42.8 Å². The standard InChI is InChI=1S/C22H24ClN7O2.C22H27N5O3.C21H22ClN7O2/c1-22(2,3)32-21(31)29-9-7-15(8-10-29)30-20-16(12-27-30)19(25-13-26-20)28-18-6-5-14(24-4)11-17(18)23;1-15(2)13-29-22(28)26-10-6-17(7-11-26)27-12-8-18-20(27)24-14-25-21(18)30-19-5-4-9-23-16(19)3;1-13(2)31-21(30)28-8-6-15(7-9-28)29-20-16(11-26-29)19(24-12-25-20)27-18-5-4-14(23-3)10-17(18)22/h5-6,11-13,15H,7-10H2,1-3H3,(H,25,26,28);4-5,8-9,12,14-15,17H,6-7,10-11,13H2,1-3H3;4-5,10-13,15H,6-9H2,1-2H3,(H,24,25,27). The van der Waals surface area contributed by atoms with Gasteiger partial charge >= 0.3 is 18.3 Å². The van der Waals surface area contributed by atoms with Crippen LogP contribution in [-0.4, -0.2) is 150 Å². The summed E-state index contributed by atoms with van der Waals surface area (Å²) < 4.78 is 28.1. The smallest absolute Gasteiger partial charge is 0.410 e. The fraction of sp³-hybridized carbons (Fsp3) is 0.415. The lowest BCUT2D eigenvalue weighted by atomic mass is 10.1. The molecule has 3 fully saturated rings. The van der Waals surface area contributed by atoms with Crippen molar-refractivity contribution in [3.63, 3.8) is 0 Å². The molecule has 28 heteroatoms.